The topological polar surface area (TPSA) is 85.0 Å². The van der Waals surface area contributed by atoms with Gasteiger partial charge in [0.2, 0.25) is 0 Å². The molecule has 2 aliphatic rings. The average molecular weight is 331 g/mol. The number of hydrogen-bond donors (Lipinski definition) is 0. The summed E-state index contributed by atoms with van der Waals surface area (Å²) in [6.07, 6.45) is 3.46. The highest BCUT2D eigenvalue weighted by Crippen LogP contribution is 2.50. The van der Waals surface area contributed by atoms with Crippen molar-refractivity contribution >= 4 is 17.6 Å². The van der Waals surface area contributed by atoms with E-state index in [9.17, 15) is 14.9 Å². The Hall–Kier alpha value is -2.44. The minimum Gasteiger partial charge on any atom is -0.451 e. The van der Waals surface area contributed by atoms with Gasteiger partial charge in [-0.05, 0) is 36.7 Å². The van der Waals surface area contributed by atoms with Gasteiger partial charge in [0.25, 0.3) is 5.69 Å². The van der Waals surface area contributed by atoms with Gasteiger partial charge >= 0.3 is 6.09 Å². The van der Waals surface area contributed by atoms with Crippen molar-refractivity contribution in [2.45, 2.75) is 31.6 Å². The molecule has 1 amide bonds. The molecule has 7 heteroatoms. The molecule has 3 rings (SSSR count). The average Bonchev–Trinajstić information content (AvgIpc) is 3.13. The molecule has 128 valence electrons. The van der Waals surface area contributed by atoms with E-state index in [-0.39, 0.29) is 10.6 Å². The maximum atomic E-state index is 11.5. The minimum atomic E-state index is -0.551. The maximum Gasteiger partial charge on any atom is 0.434 e. The number of carbonyl (C=O) groups is 1. The summed E-state index contributed by atoms with van der Waals surface area (Å²) >= 11 is 0. The molecule has 2 fully saturated rings. The van der Waals surface area contributed by atoms with Gasteiger partial charge in [-0.2, -0.15) is 4.99 Å². The van der Waals surface area contributed by atoms with Crippen LogP contribution in [0.15, 0.2) is 29.3 Å². The number of aliphatic imine (C=N–C) groups is 1. The third kappa shape index (κ3) is 3.72. The van der Waals surface area contributed by atoms with Gasteiger partial charge in [-0.15, -0.1) is 0 Å². The number of ether oxygens (including phenoxy) is 1. The molecule has 1 heterocycles. The second-order valence-electron chi connectivity index (χ2n) is 6.35. The molecule has 1 saturated heterocycles. The smallest absolute Gasteiger partial charge is 0.434 e. The predicted molar refractivity (Wildman–Crippen MR) is 89.2 cm³/mol. The summed E-state index contributed by atoms with van der Waals surface area (Å²) in [5.41, 5.74) is 1.23. The number of amides is 1. The van der Waals surface area contributed by atoms with Crippen LogP contribution in [0.3, 0.4) is 0 Å². The summed E-state index contributed by atoms with van der Waals surface area (Å²) in [4.78, 5) is 28.2. The molecule has 0 radical (unpaired) electrons. The van der Waals surface area contributed by atoms with Crippen molar-refractivity contribution in [2.75, 3.05) is 20.2 Å². The Morgan fingerprint density at radius 2 is 2.00 bits per heavy atom. The quantitative estimate of drug-likeness (QED) is 0.365. The molecule has 1 aliphatic carbocycles. The van der Waals surface area contributed by atoms with Crippen LogP contribution in [-0.2, 0) is 4.74 Å². The van der Waals surface area contributed by atoms with Crippen LogP contribution >= 0.6 is 0 Å². The normalized spacial score (nSPS) is 23.2. The Morgan fingerprint density at radius 1 is 1.33 bits per heavy atom. The summed E-state index contributed by atoms with van der Waals surface area (Å²) in [7, 11) is 1.34. The van der Waals surface area contributed by atoms with Crippen LogP contribution in [0.25, 0.3) is 0 Å². The van der Waals surface area contributed by atoms with Crippen molar-refractivity contribution in [3.05, 3.63) is 39.9 Å². The highest BCUT2D eigenvalue weighted by molar-refractivity contribution is 5.92. The first-order valence-corrected chi connectivity index (χ1v) is 8.23. The number of non-ortho nitro benzene ring substituents is 1. The van der Waals surface area contributed by atoms with Crippen LogP contribution in [-0.4, -0.2) is 42.0 Å². The highest BCUT2D eigenvalue weighted by atomic mass is 16.6. The number of methoxy groups -OCH3 is 1. The summed E-state index contributed by atoms with van der Waals surface area (Å²) in [6, 6.07) is 6.76. The maximum absolute atomic E-state index is 11.5. The number of carbonyl (C=O) groups excluding carboxylic acids is 1. The van der Waals surface area contributed by atoms with Gasteiger partial charge in [-0.1, -0.05) is 12.1 Å². The van der Waals surface area contributed by atoms with Crippen LogP contribution < -0.4 is 0 Å². The number of hydrogen-bond acceptors (Lipinski definition) is 4. The number of benzene rings is 1. The van der Waals surface area contributed by atoms with Gasteiger partial charge < -0.3 is 9.64 Å². The van der Waals surface area contributed by atoms with E-state index in [1.54, 1.807) is 12.1 Å². The van der Waals surface area contributed by atoms with Crippen molar-refractivity contribution in [3.63, 3.8) is 0 Å². The van der Waals surface area contributed by atoms with Crippen molar-refractivity contribution < 1.29 is 14.5 Å². The summed E-state index contributed by atoms with van der Waals surface area (Å²) < 4.78 is 4.67. The molecule has 1 saturated carbocycles. The fraction of sp³-hybridized carbons (Fsp3) is 0.529. The zero-order valence-electron chi connectivity index (χ0n) is 13.7. The Morgan fingerprint density at radius 3 is 2.58 bits per heavy atom. The lowest BCUT2D eigenvalue weighted by Gasteiger charge is -2.19. The fourth-order valence-corrected chi connectivity index (χ4v) is 3.33. The third-order valence-corrected chi connectivity index (χ3v) is 4.77. The van der Waals surface area contributed by atoms with Crippen LogP contribution in [0.2, 0.25) is 0 Å². The van der Waals surface area contributed by atoms with Crippen molar-refractivity contribution in [3.8, 4) is 0 Å². The standard InChI is InChI=1S/C17H21N3O4/c1-24-17(21)18-16(19-8-2-3-9-19)11-13-10-15(13)12-4-6-14(7-5-12)20(22)23/h4-7,13,15H,2-3,8-11H2,1H3/b18-16-. The van der Waals surface area contributed by atoms with Crippen molar-refractivity contribution in [2.24, 2.45) is 10.9 Å². The van der Waals surface area contributed by atoms with E-state index in [4.69, 9.17) is 0 Å². The number of nitrogens with zero attached hydrogens (tertiary/aromatic N) is 3. The molecule has 1 aromatic rings. The highest BCUT2D eigenvalue weighted by Gasteiger charge is 2.40. The molecule has 7 nitrogen and oxygen atoms in total. The van der Waals surface area contributed by atoms with E-state index in [1.807, 2.05) is 12.1 Å². The van der Waals surface area contributed by atoms with Crippen LogP contribution in [0.1, 0.15) is 37.2 Å². The molecular weight excluding hydrogens is 310 g/mol. The van der Waals surface area contributed by atoms with Gasteiger partial charge in [0, 0.05) is 31.6 Å². The molecule has 24 heavy (non-hydrogen) atoms. The van der Waals surface area contributed by atoms with Crippen molar-refractivity contribution in [1.29, 1.82) is 0 Å². The first-order chi connectivity index (χ1) is 11.6. The SMILES string of the molecule is COC(=O)/N=C(/CC1CC1c1ccc([N+](=O)[O-])cc1)N1CCCC1. The van der Waals surface area contributed by atoms with Gasteiger partial charge in [0.05, 0.1) is 12.0 Å². The molecule has 0 bridgehead atoms. The Balaban J connectivity index is 1.65. The largest absolute Gasteiger partial charge is 0.451 e. The van der Waals surface area contributed by atoms with E-state index < -0.39 is 6.09 Å². The lowest BCUT2D eigenvalue weighted by atomic mass is 10.1. The van der Waals surface area contributed by atoms with E-state index >= 15 is 0 Å². The molecule has 1 aromatic carbocycles. The van der Waals surface area contributed by atoms with Crippen LogP contribution in [0.4, 0.5) is 10.5 Å². The summed E-state index contributed by atoms with van der Waals surface area (Å²) in [6.45, 7) is 1.87. The van der Waals surface area contributed by atoms with E-state index in [0.29, 0.717) is 11.8 Å². The molecule has 2 atom stereocenters. The lowest BCUT2D eigenvalue weighted by Crippen LogP contribution is -2.29. The molecule has 0 aromatic heterocycles. The molecule has 0 spiro atoms. The second kappa shape index (κ2) is 6.98. The number of likely N-dealkylation sites (tertiary alicyclic amines) is 1. The molecule has 2 unspecified atom stereocenters. The Labute approximate surface area is 140 Å². The van der Waals surface area contributed by atoms with Crippen LogP contribution in [0.5, 0.6) is 0 Å². The number of nitro groups is 1. The summed E-state index contributed by atoms with van der Waals surface area (Å²) in [5.74, 6) is 1.63. The van der Waals surface area contributed by atoms with Gasteiger partial charge in [0.15, 0.2) is 0 Å². The van der Waals surface area contributed by atoms with Gasteiger partial charge in [0.1, 0.15) is 5.84 Å². The van der Waals surface area contributed by atoms with E-state index in [0.717, 1.165) is 50.2 Å². The van der Waals surface area contributed by atoms with Crippen LogP contribution in [0, 0.1) is 16.0 Å². The zero-order chi connectivity index (χ0) is 17.1. The third-order valence-electron chi connectivity index (χ3n) is 4.77. The Kier molecular flexibility index (Phi) is 4.78. The number of rotatable bonds is 4. The summed E-state index contributed by atoms with van der Waals surface area (Å²) in [5, 5.41) is 10.7. The zero-order valence-corrected chi connectivity index (χ0v) is 13.7. The number of nitro benzene ring substituents is 1. The lowest BCUT2D eigenvalue weighted by molar-refractivity contribution is -0.384. The predicted octanol–water partition coefficient (Wildman–Crippen LogP) is 3.35. The number of amidine groups is 1. The monoisotopic (exact) mass is 331 g/mol. The first kappa shape index (κ1) is 16.4. The molecular formula is C17H21N3O4. The van der Waals surface area contributed by atoms with E-state index in [1.165, 1.54) is 7.11 Å². The minimum absolute atomic E-state index is 0.112. The molecule has 0 N–H and O–H groups in total. The second-order valence-corrected chi connectivity index (χ2v) is 6.35. The fourth-order valence-electron chi connectivity index (χ4n) is 3.33. The Bertz CT molecular complexity index is 650. The van der Waals surface area contributed by atoms with E-state index in [2.05, 4.69) is 14.6 Å². The van der Waals surface area contributed by atoms with Gasteiger partial charge in [-0.25, -0.2) is 4.79 Å². The van der Waals surface area contributed by atoms with Crippen molar-refractivity contribution in [1.82, 2.24) is 4.90 Å². The first-order valence-electron chi connectivity index (χ1n) is 8.23. The van der Waals surface area contributed by atoms with Gasteiger partial charge in [-0.3, -0.25) is 10.1 Å². The molecule has 1 aliphatic heterocycles.